The van der Waals surface area contributed by atoms with Gasteiger partial charge in [0.2, 0.25) is 0 Å². The first kappa shape index (κ1) is 12.5. The summed E-state index contributed by atoms with van der Waals surface area (Å²) in [6.07, 6.45) is 9.66. The van der Waals surface area contributed by atoms with Gasteiger partial charge < -0.3 is 9.64 Å². The van der Waals surface area contributed by atoms with Gasteiger partial charge in [0.1, 0.15) is 0 Å². The lowest BCUT2D eigenvalue weighted by molar-refractivity contribution is 0.467. The molecule has 1 aliphatic carbocycles. The number of fused-ring (bicyclic) bond motifs is 2. The molecular formula is C19H19NO. The van der Waals surface area contributed by atoms with Gasteiger partial charge in [-0.25, -0.2) is 0 Å². The molecule has 0 bridgehead atoms. The maximum absolute atomic E-state index is 6.06. The van der Waals surface area contributed by atoms with E-state index in [2.05, 4.69) is 53.5 Å². The highest BCUT2D eigenvalue weighted by Crippen LogP contribution is 2.48. The molecule has 0 fully saturated rings. The van der Waals surface area contributed by atoms with Crippen LogP contribution in [0.25, 0.3) is 0 Å². The Morgan fingerprint density at radius 3 is 2.24 bits per heavy atom. The molecule has 0 amide bonds. The standard InChI is InChI=1S/C19H19NO/c1-2-4-10-15(9-3-1)20-16-11-5-7-13-18(16)21-19-14-8-6-12-17(19)20/h3,5-9,11-15H,1-2,4,10H2. The lowest BCUT2D eigenvalue weighted by atomic mass is 10.1. The topological polar surface area (TPSA) is 12.5 Å². The Kier molecular flexibility index (Phi) is 3.15. The lowest BCUT2D eigenvalue weighted by Crippen LogP contribution is -2.31. The Morgan fingerprint density at radius 1 is 0.857 bits per heavy atom. The molecule has 1 aliphatic heterocycles. The second kappa shape index (κ2) is 5.28. The number of allylic oxidation sites excluding steroid dienone is 1. The number of benzene rings is 2. The molecule has 0 aromatic heterocycles. The van der Waals surface area contributed by atoms with Crippen LogP contribution in [0, 0.1) is 0 Å². The van der Waals surface area contributed by atoms with Crippen LogP contribution < -0.4 is 9.64 Å². The number of nitrogens with zero attached hydrogens (tertiary/aromatic N) is 1. The summed E-state index contributed by atoms with van der Waals surface area (Å²) >= 11 is 0. The average Bonchev–Trinajstić information content (AvgIpc) is 2.81. The number of hydrogen-bond acceptors (Lipinski definition) is 2. The van der Waals surface area contributed by atoms with Crippen LogP contribution in [0.3, 0.4) is 0 Å². The Hall–Kier alpha value is -2.22. The van der Waals surface area contributed by atoms with Crippen molar-refractivity contribution in [3.05, 3.63) is 60.7 Å². The zero-order valence-corrected chi connectivity index (χ0v) is 12.0. The van der Waals surface area contributed by atoms with Gasteiger partial charge in [-0.2, -0.15) is 0 Å². The second-order valence-corrected chi connectivity index (χ2v) is 5.69. The molecule has 1 heterocycles. The quantitative estimate of drug-likeness (QED) is 0.644. The third kappa shape index (κ3) is 2.21. The van der Waals surface area contributed by atoms with Crippen LogP contribution in [0.4, 0.5) is 11.4 Å². The van der Waals surface area contributed by atoms with E-state index in [1.54, 1.807) is 0 Å². The van der Waals surface area contributed by atoms with E-state index in [1.807, 2.05) is 12.1 Å². The second-order valence-electron chi connectivity index (χ2n) is 5.69. The Bertz CT molecular complexity index is 631. The third-order valence-electron chi connectivity index (χ3n) is 4.28. The minimum atomic E-state index is 0.415. The molecule has 0 saturated heterocycles. The van der Waals surface area contributed by atoms with Gasteiger partial charge in [0.05, 0.1) is 17.4 Å². The normalized spacial score (nSPS) is 20.2. The Morgan fingerprint density at radius 2 is 1.52 bits per heavy atom. The first-order valence-electron chi connectivity index (χ1n) is 7.75. The molecule has 4 rings (SSSR count). The fourth-order valence-electron chi connectivity index (χ4n) is 3.27. The van der Waals surface area contributed by atoms with Gasteiger partial charge in [0, 0.05) is 0 Å². The van der Waals surface area contributed by atoms with E-state index < -0.39 is 0 Å². The lowest BCUT2D eigenvalue weighted by Gasteiger charge is -2.37. The van der Waals surface area contributed by atoms with E-state index in [0.717, 1.165) is 11.5 Å². The zero-order chi connectivity index (χ0) is 14.1. The highest BCUT2D eigenvalue weighted by Gasteiger charge is 2.28. The minimum Gasteiger partial charge on any atom is -0.453 e. The van der Waals surface area contributed by atoms with Gasteiger partial charge >= 0.3 is 0 Å². The molecule has 2 aromatic carbocycles. The third-order valence-corrected chi connectivity index (χ3v) is 4.28. The van der Waals surface area contributed by atoms with Crippen molar-refractivity contribution in [2.45, 2.75) is 31.7 Å². The van der Waals surface area contributed by atoms with Crippen LogP contribution in [0.2, 0.25) is 0 Å². The van der Waals surface area contributed by atoms with E-state index in [9.17, 15) is 0 Å². The predicted molar refractivity (Wildman–Crippen MR) is 86.5 cm³/mol. The maximum Gasteiger partial charge on any atom is 0.151 e. The van der Waals surface area contributed by atoms with Crippen molar-refractivity contribution in [3.8, 4) is 11.5 Å². The van der Waals surface area contributed by atoms with Crippen molar-refractivity contribution in [1.82, 2.24) is 0 Å². The Labute approximate surface area is 125 Å². The number of rotatable bonds is 1. The van der Waals surface area contributed by atoms with Gasteiger partial charge in [0.15, 0.2) is 11.5 Å². The SMILES string of the molecule is C1=CC(N2c3ccccc3Oc3ccccc32)CCCC1. The van der Waals surface area contributed by atoms with Crippen molar-refractivity contribution in [2.24, 2.45) is 0 Å². The number of hydrogen-bond donors (Lipinski definition) is 0. The van der Waals surface area contributed by atoms with E-state index in [-0.39, 0.29) is 0 Å². The van der Waals surface area contributed by atoms with Gasteiger partial charge in [-0.3, -0.25) is 0 Å². The van der Waals surface area contributed by atoms with Gasteiger partial charge in [-0.05, 0) is 43.5 Å². The molecule has 1 atom stereocenters. The van der Waals surface area contributed by atoms with Crippen molar-refractivity contribution < 1.29 is 4.74 Å². The van der Waals surface area contributed by atoms with Gasteiger partial charge in [-0.1, -0.05) is 42.8 Å². The monoisotopic (exact) mass is 277 g/mol. The maximum atomic E-state index is 6.06. The minimum absolute atomic E-state index is 0.415. The molecular weight excluding hydrogens is 258 g/mol. The largest absolute Gasteiger partial charge is 0.453 e. The fraction of sp³-hybridized carbons (Fsp3) is 0.263. The van der Waals surface area contributed by atoms with Crippen LogP contribution in [0.15, 0.2) is 60.7 Å². The smallest absolute Gasteiger partial charge is 0.151 e. The molecule has 2 aromatic rings. The number of ether oxygens (including phenoxy) is 1. The van der Waals surface area contributed by atoms with E-state index in [1.165, 1.54) is 37.1 Å². The summed E-state index contributed by atoms with van der Waals surface area (Å²) in [5, 5.41) is 0. The van der Waals surface area contributed by atoms with Crippen LogP contribution in [-0.2, 0) is 0 Å². The van der Waals surface area contributed by atoms with E-state index in [4.69, 9.17) is 4.74 Å². The molecule has 2 heteroatoms. The molecule has 2 nitrogen and oxygen atoms in total. The predicted octanol–water partition coefficient (Wildman–Crippen LogP) is 5.43. The molecule has 106 valence electrons. The summed E-state index contributed by atoms with van der Waals surface area (Å²) in [7, 11) is 0. The molecule has 0 saturated carbocycles. The average molecular weight is 277 g/mol. The molecule has 0 spiro atoms. The zero-order valence-electron chi connectivity index (χ0n) is 12.0. The molecule has 1 unspecified atom stereocenters. The highest BCUT2D eigenvalue weighted by atomic mass is 16.5. The van der Waals surface area contributed by atoms with Crippen molar-refractivity contribution in [3.63, 3.8) is 0 Å². The van der Waals surface area contributed by atoms with Crippen LogP contribution >= 0.6 is 0 Å². The van der Waals surface area contributed by atoms with Crippen LogP contribution in [0.1, 0.15) is 25.7 Å². The first-order chi connectivity index (χ1) is 10.4. The first-order valence-corrected chi connectivity index (χ1v) is 7.75. The summed E-state index contributed by atoms with van der Waals surface area (Å²) in [6.45, 7) is 0. The van der Waals surface area contributed by atoms with Crippen LogP contribution in [-0.4, -0.2) is 6.04 Å². The van der Waals surface area contributed by atoms with Gasteiger partial charge in [0.25, 0.3) is 0 Å². The van der Waals surface area contributed by atoms with Crippen molar-refractivity contribution in [1.29, 1.82) is 0 Å². The fourth-order valence-corrected chi connectivity index (χ4v) is 3.27. The van der Waals surface area contributed by atoms with E-state index in [0.29, 0.717) is 6.04 Å². The number of anilines is 2. The summed E-state index contributed by atoms with van der Waals surface area (Å²) < 4.78 is 6.06. The molecule has 0 radical (unpaired) electrons. The highest BCUT2D eigenvalue weighted by molar-refractivity contribution is 5.78. The van der Waals surface area contributed by atoms with Gasteiger partial charge in [-0.15, -0.1) is 0 Å². The van der Waals surface area contributed by atoms with E-state index >= 15 is 0 Å². The molecule has 0 N–H and O–H groups in total. The molecule has 21 heavy (non-hydrogen) atoms. The van der Waals surface area contributed by atoms with Crippen molar-refractivity contribution >= 4 is 11.4 Å². The van der Waals surface area contributed by atoms with Crippen LogP contribution in [0.5, 0.6) is 11.5 Å². The number of para-hydroxylation sites is 4. The summed E-state index contributed by atoms with van der Waals surface area (Å²) in [5.41, 5.74) is 2.35. The summed E-state index contributed by atoms with van der Waals surface area (Å²) in [4.78, 5) is 2.44. The summed E-state index contributed by atoms with van der Waals surface area (Å²) in [6, 6.07) is 17.1. The summed E-state index contributed by atoms with van der Waals surface area (Å²) in [5.74, 6) is 1.91. The van der Waals surface area contributed by atoms with Crippen molar-refractivity contribution in [2.75, 3.05) is 4.90 Å². The molecule has 2 aliphatic rings. The Balaban J connectivity index is 1.84.